The second-order valence-electron chi connectivity index (χ2n) is 5.67. The van der Waals surface area contributed by atoms with E-state index in [1.807, 2.05) is 18.2 Å². The van der Waals surface area contributed by atoms with Gasteiger partial charge in [0.2, 0.25) is 9.84 Å². The highest BCUT2D eigenvalue weighted by Gasteiger charge is 2.29. The van der Waals surface area contributed by atoms with Crippen LogP contribution in [0.4, 0.5) is 0 Å². The highest BCUT2D eigenvalue weighted by Crippen LogP contribution is 2.37. The van der Waals surface area contributed by atoms with E-state index in [0.717, 1.165) is 18.4 Å². The Labute approximate surface area is 110 Å². The second-order valence-corrected chi connectivity index (χ2v) is 7.64. The summed E-state index contributed by atoms with van der Waals surface area (Å²) in [5.74, 6) is 0. The molecule has 0 N–H and O–H groups in total. The molecule has 0 atom stereocenters. The molecule has 1 aromatic rings. The third-order valence-electron chi connectivity index (χ3n) is 3.88. The van der Waals surface area contributed by atoms with Gasteiger partial charge in [-0.2, -0.15) is 0 Å². The summed E-state index contributed by atoms with van der Waals surface area (Å²) < 4.78 is 24.6. The Morgan fingerprint density at radius 3 is 2.44 bits per heavy atom. The Balaban J connectivity index is 2.24. The second kappa shape index (κ2) is 4.54. The third-order valence-corrected chi connectivity index (χ3v) is 5.84. The lowest BCUT2D eigenvalue weighted by Gasteiger charge is -2.22. The Hall–Kier alpha value is -1.09. The van der Waals surface area contributed by atoms with Gasteiger partial charge in [0, 0.05) is 4.91 Å². The van der Waals surface area contributed by atoms with Crippen LogP contribution in [0, 0.1) is 5.41 Å². The van der Waals surface area contributed by atoms with Gasteiger partial charge in [-0.3, -0.25) is 0 Å². The number of hydrogen-bond acceptors (Lipinski definition) is 2. The van der Waals surface area contributed by atoms with Crippen molar-refractivity contribution in [3.05, 3.63) is 34.7 Å². The van der Waals surface area contributed by atoms with Crippen molar-refractivity contribution in [3.63, 3.8) is 0 Å². The fourth-order valence-electron chi connectivity index (χ4n) is 2.08. The molecule has 98 valence electrons. The zero-order chi connectivity index (χ0) is 13.4. The van der Waals surface area contributed by atoms with E-state index >= 15 is 0 Å². The zero-order valence-corrected chi connectivity index (χ0v) is 12.0. The molecule has 0 radical (unpaired) electrons. The Bertz CT molecular complexity index is 580. The van der Waals surface area contributed by atoms with Gasteiger partial charge in [0.05, 0.1) is 4.90 Å². The summed E-state index contributed by atoms with van der Waals surface area (Å²) in [5.41, 5.74) is 1.03. The van der Waals surface area contributed by atoms with Crippen molar-refractivity contribution in [2.45, 2.75) is 44.9 Å². The summed E-state index contributed by atoms with van der Waals surface area (Å²) in [5, 5.41) is 0. The van der Waals surface area contributed by atoms with Gasteiger partial charge < -0.3 is 0 Å². The summed E-state index contributed by atoms with van der Waals surface area (Å²) in [6, 6.07) is 7.22. The number of fused-ring (bicyclic) bond motifs is 1. The van der Waals surface area contributed by atoms with E-state index in [1.165, 1.54) is 0 Å². The van der Waals surface area contributed by atoms with E-state index in [2.05, 4.69) is 20.8 Å². The van der Waals surface area contributed by atoms with Crippen LogP contribution in [0.15, 0.2) is 34.1 Å². The molecule has 1 aliphatic rings. The fourth-order valence-corrected chi connectivity index (χ4v) is 3.71. The standard InChI is InChI=1S/C15H20O2S/c1-4-15(2,3)10-9-13-11-12-7-5-6-8-14(12)18(13,16)17/h5-8,11H,4,9-10H2,1-3H3. The number of benzene rings is 1. The average molecular weight is 264 g/mol. The average Bonchev–Trinajstić information content (AvgIpc) is 2.59. The SMILES string of the molecule is CCC(C)(C)CCC1=Cc2ccccc2S1(=O)=O. The zero-order valence-electron chi connectivity index (χ0n) is 11.2. The van der Waals surface area contributed by atoms with Crippen LogP contribution >= 0.6 is 0 Å². The lowest BCUT2D eigenvalue weighted by molar-refractivity contribution is 0.324. The topological polar surface area (TPSA) is 34.1 Å². The molecule has 0 amide bonds. The quantitative estimate of drug-likeness (QED) is 0.822. The van der Waals surface area contributed by atoms with Crippen LogP contribution in [0.3, 0.4) is 0 Å². The van der Waals surface area contributed by atoms with E-state index in [0.29, 0.717) is 16.2 Å². The molecule has 18 heavy (non-hydrogen) atoms. The van der Waals surface area contributed by atoms with Crippen molar-refractivity contribution in [1.82, 2.24) is 0 Å². The maximum absolute atomic E-state index is 12.3. The van der Waals surface area contributed by atoms with Crippen molar-refractivity contribution >= 4 is 15.9 Å². The van der Waals surface area contributed by atoms with E-state index in [9.17, 15) is 8.42 Å². The highest BCUT2D eigenvalue weighted by atomic mass is 32.2. The molecule has 0 fully saturated rings. The molecule has 2 rings (SSSR count). The lowest BCUT2D eigenvalue weighted by atomic mass is 9.85. The number of hydrogen-bond donors (Lipinski definition) is 0. The maximum Gasteiger partial charge on any atom is 0.203 e. The van der Waals surface area contributed by atoms with Crippen LogP contribution in [0.5, 0.6) is 0 Å². The first-order valence-corrected chi connectivity index (χ1v) is 7.90. The van der Waals surface area contributed by atoms with Crippen LogP contribution in [0.2, 0.25) is 0 Å². The van der Waals surface area contributed by atoms with Gasteiger partial charge in [-0.15, -0.1) is 0 Å². The predicted molar refractivity (Wildman–Crippen MR) is 74.9 cm³/mol. The monoisotopic (exact) mass is 264 g/mol. The Morgan fingerprint density at radius 1 is 1.17 bits per heavy atom. The van der Waals surface area contributed by atoms with Crippen molar-refractivity contribution in [1.29, 1.82) is 0 Å². The summed E-state index contributed by atoms with van der Waals surface area (Å²) in [6.07, 6.45) is 4.43. The van der Waals surface area contributed by atoms with Gasteiger partial charge in [0.1, 0.15) is 0 Å². The van der Waals surface area contributed by atoms with E-state index in [-0.39, 0.29) is 5.41 Å². The number of rotatable bonds is 4. The number of allylic oxidation sites excluding steroid dienone is 1. The van der Waals surface area contributed by atoms with Crippen LogP contribution < -0.4 is 0 Å². The molecule has 0 unspecified atom stereocenters. The minimum atomic E-state index is -3.22. The third kappa shape index (κ3) is 2.37. The van der Waals surface area contributed by atoms with Crippen LogP contribution in [0.1, 0.15) is 45.6 Å². The van der Waals surface area contributed by atoms with Gasteiger partial charge in [0.25, 0.3) is 0 Å². The first-order valence-electron chi connectivity index (χ1n) is 6.41. The smallest absolute Gasteiger partial charge is 0.203 e. The van der Waals surface area contributed by atoms with E-state index < -0.39 is 9.84 Å². The minimum absolute atomic E-state index is 0.200. The summed E-state index contributed by atoms with van der Waals surface area (Å²) in [7, 11) is -3.22. The van der Waals surface area contributed by atoms with E-state index in [4.69, 9.17) is 0 Å². The van der Waals surface area contributed by atoms with Crippen LogP contribution in [-0.4, -0.2) is 8.42 Å². The summed E-state index contributed by atoms with van der Waals surface area (Å²) in [4.78, 5) is 1.04. The molecule has 1 aliphatic heterocycles. The molecule has 0 saturated carbocycles. The first kappa shape index (κ1) is 13.3. The van der Waals surface area contributed by atoms with Crippen LogP contribution in [-0.2, 0) is 9.84 Å². The molecule has 0 bridgehead atoms. The molecule has 1 aromatic carbocycles. The Morgan fingerprint density at radius 2 is 1.83 bits per heavy atom. The van der Waals surface area contributed by atoms with Gasteiger partial charge >= 0.3 is 0 Å². The number of sulfone groups is 1. The van der Waals surface area contributed by atoms with Crippen molar-refractivity contribution < 1.29 is 8.42 Å². The molecule has 0 aromatic heterocycles. The lowest BCUT2D eigenvalue weighted by Crippen LogP contribution is -2.11. The van der Waals surface area contributed by atoms with Crippen molar-refractivity contribution in [3.8, 4) is 0 Å². The summed E-state index contributed by atoms with van der Waals surface area (Å²) in [6.45, 7) is 6.51. The van der Waals surface area contributed by atoms with Gasteiger partial charge in [-0.1, -0.05) is 45.4 Å². The molecule has 0 saturated heterocycles. The van der Waals surface area contributed by atoms with Crippen molar-refractivity contribution in [2.75, 3.05) is 0 Å². The normalized spacial score (nSPS) is 17.4. The van der Waals surface area contributed by atoms with Gasteiger partial charge in [0.15, 0.2) is 0 Å². The molecule has 0 spiro atoms. The molecule has 3 heteroatoms. The molecular weight excluding hydrogens is 244 g/mol. The van der Waals surface area contributed by atoms with E-state index in [1.54, 1.807) is 12.1 Å². The van der Waals surface area contributed by atoms with Crippen molar-refractivity contribution in [2.24, 2.45) is 5.41 Å². The fraction of sp³-hybridized carbons (Fsp3) is 0.467. The Kier molecular flexibility index (Phi) is 3.37. The molecule has 1 heterocycles. The molecule has 0 aliphatic carbocycles. The largest absolute Gasteiger partial charge is 0.219 e. The van der Waals surface area contributed by atoms with Gasteiger partial charge in [-0.25, -0.2) is 8.42 Å². The maximum atomic E-state index is 12.3. The summed E-state index contributed by atoms with van der Waals surface area (Å²) >= 11 is 0. The highest BCUT2D eigenvalue weighted by molar-refractivity contribution is 7.95. The molecule has 2 nitrogen and oxygen atoms in total. The van der Waals surface area contributed by atoms with Gasteiger partial charge in [-0.05, 0) is 36.0 Å². The predicted octanol–water partition coefficient (Wildman–Crippen LogP) is 4.03. The first-order chi connectivity index (χ1) is 8.37. The molecular formula is C15H20O2S. The minimum Gasteiger partial charge on any atom is -0.219 e. The van der Waals surface area contributed by atoms with Crippen LogP contribution in [0.25, 0.3) is 6.08 Å².